The third kappa shape index (κ3) is 13.8. The highest BCUT2D eigenvalue weighted by Crippen LogP contribution is 2.16. The molecule has 13 heteroatoms. The van der Waals surface area contributed by atoms with Gasteiger partial charge < -0.3 is 37.0 Å². The van der Waals surface area contributed by atoms with E-state index in [1.54, 1.807) is 26.0 Å². The minimum atomic E-state index is -1.17. The van der Waals surface area contributed by atoms with Crippen LogP contribution in [0.4, 0.5) is 0 Å². The minimum Gasteiger partial charge on any atom is -0.508 e. The molecular formula is C38H62N6O7. The molecule has 7 N–H and O–H groups in total. The van der Waals surface area contributed by atoms with Crippen LogP contribution in [0.3, 0.4) is 0 Å². The number of aromatic hydroxyl groups is 1. The van der Waals surface area contributed by atoms with Crippen LogP contribution in [-0.4, -0.2) is 76.8 Å². The predicted molar refractivity (Wildman–Crippen MR) is 196 cm³/mol. The molecule has 0 saturated carbocycles. The van der Waals surface area contributed by atoms with Gasteiger partial charge in [0.25, 0.3) is 0 Å². The highest BCUT2D eigenvalue weighted by Gasteiger charge is 2.37. The van der Waals surface area contributed by atoms with Gasteiger partial charge in [0.2, 0.25) is 35.4 Å². The van der Waals surface area contributed by atoms with Crippen molar-refractivity contribution in [2.45, 2.75) is 138 Å². The molecule has 1 aliphatic rings. The molecule has 286 valence electrons. The third-order valence-corrected chi connectivity index (χ3v) is 9.07. The van der Waals surface area contributed by atoms with E-state index < -0.39 is 77.6 Å². The number of benzene rings is 1. The molecule has 13 nitrogen and oxygen atoms in total. The fourth-order valence-corrected chi connectivity index (χ4v) is 6.00. The lowest BCUT2D eigenvalue weighted by atomic mass is 9.95. The zero-order valence-electron chi connectivity index (χ0n) is 32.1. The van der Waals surface area contributed by atoms with Crippen molar-refractivity contribution in [2.24, 2.45) is 29.6 Å². The Bertz CT molecular complexity index is 1350. The molecule has 2 rings (SSSR count). The summed E-state index contributed by atoms with van der Waals surface area (Å²) in [5, 5.41) is 26.8. The number of phenolic OH excluding ortho intramolecular Hbond substituents is 1. The molecule has 6 amide bonds. The van der Waals surface area contributed by atoms with Gasteiger partial charge in [0.1, 0.15) is 42.0 Å². The van der Waals surface area contributed by atoms with Crippen molar-refractivity contribution in [3.05, 3.63) is 29.8 Å². The van der Waals surface area contributed by atoms with Crippen LogP contribution in [0.15, 0.2) is 24.3 Å². The Balaban J connectivity index is 2.70. The van der Waals surface area contributed by atoms with Crippen molar-refractivity contribution < 1.29 is 33.9 Å². The molecule has 0 aromatic heterocycles. The Hall–Kier alpha value is -4.16. The highest BCUT2D eigenvalue weighted by molar-refractivity contribution is 5.98. The lowest BCUT2D eigenvalue weighted by Crippen LogP contribution is -2.63. The SMILES string of the molecule is CC[C@H](C)[C@H]1NC(=O)[C@@H](Cc2ccc(O)cc2)NC(=O)[C@H](C(C)C)NC(=O)[C@H](CC(C)C)NC(=O)[C@@H](CC(C)C)NC(=O)[C@H](CC(C)C)NC1=O. The van der Waals surface area contributed by atoms with Crippen molar-refractivity contribution in [1.29, 1.82) is 0 Å². The first-order valence-electron chi connectivity index (χ1n) is 18.4. The minimum absolute atomic E-state index is 0.00274. The summed E-state index contributed by atoms with van der Waals surface area (Å²) in [5.41, 5.74) is 0.634. The summed E-state index contributed by atoms with van der Waals surface area (Å²) in [6.07, 6.45) is 1.35. The molecule has 1 heterocycles. The average molecular weight is 715 g/mol. The van der Waals surface area contributed by atoms with Crippen molar-refractivity contribution in [1.82, 2.24) is 31.9 Å². The molecule has 0 aliphatic carbocycles. The van der Waals surface area contributed by atoms with Crippen LogP contribution in [0.5, 0.6) is 5.75 Å². The van der Waals surface area contributed by atoms with Gasteiger partial charge in [-0.1, -0.05) is 87.8 Å². The van der Waals surface area contributed by atoms with E-state index >= 15 is 0 Å². The number of carbonyl (C=O) groups is 6. The van der Waals surface area contributed by atoms with Crippen LogP contribution >= 0.6 is 0 Å². The van der Waals surface area contributed by atoms with Crippen LogP contribution < -0.4 is 31.9 Å². The highest BCUT2D eigenvalue weighted by atomic mass is 16.3. The van der Waals surface area contributed by atoms with E-state index in [0.29, 0.717) is 12.0 Å². The largest absolute Gasteiger partial charge is 0.508 e. The zero-order chi connectivity index (χ0) is 38.6. The molecule has 1 fully saturated rings. The van der Waals surface area contributed by atoms with E-state index in [0.717, 1.165) is 0 Å². The molecule has 1 saturated heterocycles. The van der Waals surface area contributed by atoms with Crippen LogP contribution in [0.25, 0.3) is 0 Å². The van der Waals surface area contributed by atoms with Crippen molar-refractivity contribution in [3.8, 4) is 5.75 Å². The normalized spacial score (nSPS) is 25.4. The fraction of sp³-hybridized carbons (Fsp3) is 0.684. The van der Waals surface area contributed by atoms with Crippen LogP contribution in [-0.2, 0) is 35.2 Å². The second-order valence-corrected chi connectivity index (χ2v) is 15.6. The molecular weight excluding hydrogens is 652 g/mol. The van der Waals surface area contributed by atoms with Gasteiger partial charge in [-0.3, -0.25) is 28.8 Å². The third-order valence-electron chi connectivity index (χ3n) is 9.07. The van der Waals surface area contributed by atoms with Gasteiger partial charge in [0, 0.05) is 6.42 Å². The topological polar surface area (TPSA) is 195 Å². The van der Waals surface area contributed by atoms with Gasteiger partial charge >= 0.3 is 0 Å². The molecule has 7 atom stereocenters. The maximum absolute atomic E-state index is 14.1. The molecule has 0 radical (unpaired) electrons. The Kier molecular flexibility index (Phi) is 16.9. The second-order valence-electron chi connectivity index (χ2n) is 15.6. The maximum Gasteiger partial charge on any atom is 0.243 e. The van der Waals surface area contributed by atoms with Gasteiger partial charge in [-0.25, -0.2) is 0 Å². The van der Waals surface area contributed by atoms with Crippen LogP contribution in [0.2, 0.25) is 0 Å². The van der Waals surface area contributed by atoms with Gasteiger partial charge in [0.15, 0.2) is 0 Å². The summed E-state index contributed by atoms with van der Waals surface area (Å²) < 4.78 is 0. The van der Waals surface area contributed by atoms with Crippen molar-refractivity contribution in [3.63, 3.8) is 0 Å². The quantitative estimate of drug-likeness (QED) is 0.183. The maximum atomic E-state index is 14.1. The smallest absolute Gasteiger partial charge is 0.243 e. The molecule has 1 aromatic carbocycles. The summed E-state index contributed by atoms with van der Waals surface area (Å²) in [5.74, 6) is -4.20. The lowest BCUT2D eigenvalue weighted by molar-refractivity contribution is -0.137. The second kappa shape index (κ2) is 20.0. The van der Waals surface area contributed by atoms with Gasteiger partial charge in [-0.05, 0) is 66.5 Å². The number of phenols is 1. The zero-order valence-corrected chi connectivity index (χ0v) is 32.1. The average Bonchev–Trinajstić information content (AvgIpc) is 3.03. The van der Waals surface area contributed by atoms with Crippen LogP contribution in [0.1, 0.15) is 100 Å². The molecule has 1 aliphatic heterocycles. The van der Waals surface area contributed by atoms with E-state index in [9.17, 15) is 33.9 Å². The lowest BCUT2D eigenvalue weighted by Gasteiger charge is -2.32. The Morgan fingerprint density at radius 2 is 0.863 bits per heavy atom. The molecule has 0 unspecified atom stereocenters. The number of amides is 6. The summed E-state index contributed by atoms with van der Waals surface area (Å²) in [6.45, 7) is 18.7. The standard InChI is InChI=1S/C38H62N6O7/c1-11-24(10)32-38(51)41-28(17-21(4)5)34(47)39-27(16-20(2)3)33(46)40-29(18-22(6)7)35(48)43-31(23(8)9)37(50)42-30(36(49)44-32)19-25-12-14-26(45)15-13-25/h12-15,20-24,27-32,45H,11,16-19H2,1-10H3,(H,39,47)(H,40,46)(H,41,51)(H,42,50)(H,43,48)(H,44,49)/t24-,27+,28-,29-,30+,31-,32+/m0/s1. The number of hydrogen-bond donors (Lipinski definition) is 7. The van der Waals surface area contributed by atoms with E-state index in [4.69, 9.17) is 0 Å². The molecule has 0 bridgehead atoms. The van der Waals surface area contributed by atoms with E-state index in [2.05, 4.69) is 31.9 Å². The summed E-state index contributed by atoms with van der Waals surface area (Å²) in [6, 6.07) is -0.147. The first-order chi connectivity index (χ1) is 23.8. The van der Waals surface area contributed by atoms with Crippen molar-refractivity contribution in [2.75, 3.05) is 0 Å². The Labute approximate surface area is 303 Å². The number of carbonyl (C=O) groups excluding carboxylic acids is 6. The van der Waals surface area contributed by atoms with E-state index in [1.165, 1.54) is 12.1 Å². The van der Waals surface area contributed by atoms with E-state index in [1.807, 2.05) is 55.4 Å². The molecule has 51 heavy (non-hydrogen) atoms. The summed E-state index contributed by atoms with van der Waals surface area (Å²) >= 11 is 0. The number of rotatable bonds is 11. The monoisotopic (exact) mass is 714 g/mol. The first kappa shape index (κ1) is 43.0. The van der Waals surface area contributed by atoms with Gasteiger partial charge in [0.05, 0.1) is 0 Å². The molecule has 1 aromatic rings. The molecule has 0 spiro atoms. The van der Waals surface area contributed by atoms with Gasteiger partial charge in [-0.2, -0.15) is 0 Å². The van der Waals surface area contributed by atoms with E-state index in [-0.39, 0.29) is 55.1 Å². The van der Waals surface area contributed by atoms with Gasteiger partial charge in [-0.15, -0.1) is 0 Å². The fourth-order valence-electron chi connectivity index (χ4n) is 6.00. The Morgan fingerprint density at radius 3 is 1.27 bits per heavy atom. The number of nitrogens with one attached hydrogen (secondary N) is 6. The summed E-state index contributed by atoms with van der Waals surface area (Å²) in [4.78, 5) is 83.4. The number of hydrogen-bond acceptors (Lipinski definition) is 7. The first-order valence-corrected chi connectivity index (χ1v) is 18.4. The summed E-state index contributed by atoms with van der Waals surface area (Å²) in [7, 11) is 0. The van der Waals surface area contributed by atoms with Crippen LogP contribution in [0, 0.1) is 29.6 Å². The van der Waals surface area contributed by atoms with Crippen molar-refractivity contribution >= 4 is 35.4 Å². The predicted octanol–water partition coefficient (Wildman–Crippen LogP) is 2.70. The Morgan fingerprint density at radius 1 is 0.510 bits per heavy atom.